The fourth-order valence-corrected chi connectivity index (χ4v) is 3.27. The first-order chi connectivity index (χ1) is 15.0. The molecule has 0 fully saturated rings. The molecule has 0 aliphatic carbocycles. The van der Waals surface area contributed by atoms with Crippen LogP contribution < -0.4 is 10.1 Å². The van der Waals surface area contributed by atoms with Gasteiger partial charge in [-0.3, -0.25) is 4.79 Å². The summed E-state index contributed by atoms with van der Waals surface area (Å²) in [7, 11) is 1.62. The molecule has 0 atom stereocenters. The lowest BCUT2D eigenvalue weighted by molar-refractivity contribution is 0.101. The smallest absolute Gasteiger partial charge is 0.295 e. The second kappa shape index (κ2) is 8.44. The summed E-state index contributed by atoms with van der Waals surface area (Å²) in [6.45, 7) is 6.02. The van der Waals surface area contributed by atoms with Gasteiger partial charge in [-0.25, -0.2) is 9.67 Å². The quantitative estimate of drug-likeness (QED) is 0.494. The number of benzene rings is 3. The van der Waals surface area contributed by atoms with Crippen LogP contribution in [0.4, 0.5) is 5.69 Å². The molecule has 4 aromatic rings. The standard InChI is InChI=1S/C25H24N4O2/c1-16-8-10-19(11-9-16)24-27-23(25(30)26-22-7-5-6-17(2)18(22)3)28-29(24)20-12-14-21(31-4)15-13-20/h5-15H,1-4H3,(H,26,30). The van der Waals surface area contributed by atoms with Crippen LogP contribution in [0.3, 0.4) is 0 Å². The minimum Gasteiger partial charge on any atom is -0.497 e. The van der Waals surface area contributed by atoms with Gasteiger partial charge in [0.2, 0.25) is 5.82 Å². The summed E-state index contributed by atoms with van der Waals surface area (Å²) in [4.78, 5) is 17.6. The summed E-state index contributed by atoms with van der Waals surface area (Å²) in [6, 6.07) is 21.3. The average molecular weight is 412 g/mol. The lowest BCUT2D eigenvalue weighted by Crippen LogP contribution is -2.15. The van der Waals surface area contributed by atoms with Gasteiger partial charge in [0.15, 0.2) is 5.82 Å². The Kier molecular flexibility index (Phi) is 5.54. The number of aromatic nitrogens is 3. The molecule has 6 nitrogen and oxygen atoms in total. The van der Waals surface area contributed by atoms with E-state index in [1.807, 2.05) is 87.5 Å². The van der Waals surface area contributed by atoms with Crippen molar-refractivity contribution >= 4 is 11.6 Å². The predicted molar refractivity (Wildman–Crippen MR) is 122 cm³/mol. The van der Waals surface area contributed by atoms with Crippen molar-refractivity contribution in [2.75, 3.05) is 12.4 Å². The molecule has 1 amide bonds. The number of rotatable bonds is 5. The predicted octanol–water partition coefficient (Wildman–Crippen LogP) is 5.12. The van der Waals surface area contributed by atoms with E-state index in [1.165, 1.54) is 0 Å². The van der Waals surface area contributed by atoms with Crippen LogP contribution in [0, 0.1) is 20.8 Å². The van der Waals surface area contributed by atoms with Gasteiger partial charge in [-0.2, -0.15) is 0 Å². The van der Waals surface area contributed by atoms with Gasteiger partial charge in [-0.15, -0.1) is 5.10 Å². The number of ether oxygens (including phenoxy) is 1. The van der Waals surface area contributed by atoms with Gasteiger partial charge < -0.3 is 10.1 Å². The van der Waals surface area contributed by atoms with Crippen molar-refractivity contribution in [1.29, 1.82) is 0 Å². The first-order valence-electron chi connectivity index (χ1n) is 10.0. The van der Waals surface area contributed by atoms with Crippen LogP contribution in [0.2, 0.25) is 0 Å². The molecule has 0 unspecified atom stereocenters. The number of aryl methyl sites for hydroxylation is 2. The van der Waals surface area contributed by atoms with Gasteiger partial charge in [0.25, 0.3) is 5.91 Å². The van der Waals surface area contributed by atoms with Crippen molar-refractivity contribution < 1.29 is 9.53 Å². The molecule has 0 bridgehead atoms. The van der Waals surface area contributed by atoms with Crippen LogP contribution in [0.15, 0.2) is 66.7 Å². The summed E-state index contributed by atoms with van der Waals surface area (Å²) in [5.41, 5.74) is 5.68. The van der Waals surface area contributed by atoms with E-state index >= 15 is 0 Å². The van der Waals surface area contributed by atoms with E-state index in [0.29, 0.717) is 5.82 Å². The van der Waals surface area contributed by atoms with Crippen molar-refractivity contribution in [3.63, 3.8) is 0 Å². The molecule has 1 heterocycles. The van der Waals surface area contributed by atoms with E-state index in [-0.39, 0.29) is 11.7 Å². The Morgan fingerprint density at radius 3 is 2.32 bits per heavy atom. The molecule has 0 aliphatic rings. The number of anilines is 1. The number of amides is 1. The third kappa shape index (κ3) is 4.19. The number of hydrogen-bond donors (Lipinski definition) is 1. The van der Waals surface area contributed by atoms with Crippen molar-refractivity contribution in [1.82, 2.24) is 14.8 Å². The fraction of sp³-hybridized carbons (Fsp3) is 0.160. The molecule has 0 aliphatic heterocycles. The van der Waals surface area contributed by atoms with Crippen molar-refractivity contribution in [2.24, 2.45) is 0 Å². The van der Waals surface area contributed by atoms with Crippen molar-refractivity contribution in [3.8, 4) is 22.8 Å². The molecule has 156 valence electrons. The monoisotopic (exact) mass is 412 g/mol. The second-order valence-electron chi connectivity index (χ2n) is 7.44. The Balaban J connectivity index is 1.75. The molecular formula is C25H24N4O2. The first-order valence-corrected chi connectivity index (χ1v) is 10.0. The lowest BCUT2D eigenvalue weighted by atomic mass is 10.1. The van der Waals surface area contributed by atoms with Gasteiger partial charge in [0.1, 0.15) is 5.75 Å². The van der Waals surface area contributed by atoms with E-state index in [9.17, 15) is 4.79 Å². The number of methoxy groups -OCH3 is 1. The van der Waals surface area contributed by atoms with Crippen LogP contribution in [0.5, 0.6) is 5.75 Å². The second-order valence-corrected chi connectivity index (χ2v) is 7.44. The highest BCUT2D eigenvalue weighted by atomic mass is 16.5. The highest BCUT2D eigenvalue weighted by Gasteiger charge is 2.19. The molecule has 31 heavy (non-hydrogen) atoms. The Labute approximate surface area is 181 Å². The molecule has 0 radical (unpaired) electrons. The zero-order valence-electron chi connectivity index (χ0n) is 18.0. The summed E-state index contributed by atoms with van der Waals surface area (Å²) in [5.74, 6) is 1.09. The van der Waals surface area contributed by atoms with Gasteiger partial charge >= 0.3 is 0 Å². The molecule has 0 saturated heterocycles. The normalized spacial score (nSPS) is 10.7. The van der Waals surface area contributed by atoms with E-state index in [1.54, 1.807) is 11.8 Å². The van der Waals surface area contributed by atoms with E-state index in [4.69, 9.17) is 4.74 Å². The zero-order valence-corrected chi connectivity index (χ0v) is 18.0. The van der Waals surface area contributed by atoms with Crippen LogP contribution in [-0.4, -0.2) is 27.8 Å². The van der Waals surface area contributed by atoms with Crippen molar-refractivity contribution in [2.45, 2.75) is 20.8 Å². The Morgan fingerprint density at radius 1 is 0.935 bits per heavy atom. The lowest BCUT2D eigenvalue weighted by Gasteiger charge is -2.08. The number of hydrogen-bond acceptors (Lipinski definition) is 4. The zero-order chi connectivity index (χ0) is 22.0. The SMILES string of the molecule is COc1ccc(-n2nc(C(=O)Nc3cccc(C)c3C)nc2-c2ccc(C)cc2)cc1. The third-order valence-corrected chi connectivity index (χ3v) is 5.29. The minimum absolute atomic E-state index is 0.104. The summed E-state index contributed by atoms with van der Waals surface area (Å²) in [5, 5.41) is 7.48. The summed E-state index contributed by atoms with van der Waals surface area (Å²) in [6.07, 6.45) is 0. The number of nitrogens with zero attached hydrogens (tertiary/aromatic N) is 3. The molecule has 6 heteroatoms. The van der Waals surface area contributed by atoms with E-state index in [2.05, 4.69) is 15.4 Å². The minimum atomic E-state index is -0.352. The molecule has 0 saturated carbocycles. The first kappa shape index (κ1) is 20.3. The largest absolute Gasteiger partial charge is 0.497 e. The molecule has 1 N–H and O–H groups in total. The molecule has 4 rings (SSSR count). The average Bonchev–Trinajstić information content (AvgIpc) is 3.23. The van der Waals surface area contributed by atoms with Gasteiger partial charge in [0, 0.05) is 11.3 Å². The summed E-state index contributed by atoms with van der Waals surface area (Å²) >= 11 is 0. The third-order valence-electron chi connectivity index (χ3n) is 5.29. The Morgan fingerprint density at radius 2 is 1.65 bits per heavy atom. The summed E-state index contributed by atoms with van der Waals surface area (Å²) < 4.78 is 6.94. The maximum Gasteiger partial charge on any atom is 0.295 e. The maximum absolute atomic E-state index is 13.0. The van der Waals surface area contributed by atoms with E-state index in [0.717, 1.165) is 39.4 Å². The van der Waals surface area contributed by atoms with Crippen LogP contribution in [0.25, 0.3) is 17.1 Å². The van der Waals surface area contributed by atoms with Crippen molar-refractivity contribution in [3.05, 3.63) is 89.2 Å². The van der Waals surface area contributed by atoms with Gasteiger partial charge in [0.05, 0.1) is 12.8 Å². The highest BCUT2D eigenvalue weighted by molar-refractivity contribution is 6.02. The number of nitrogens with one attached hydrogen (secondary N) is 1. The van der Waals surface area contributed by atoms with Crippen LogP contribution in [-0.2, 0) is 0 Å². The number of carbonyl (C=O) groups excluding carboxylic acids is 1. The highest BCUT2D eigenvalue weighted by Crippen LogP contribution is 2.24. The fourth-order valence-electron chi connectivity index (χ4n) is 3.27. The number of carbonyl (C=O) groups is 1. The Bertz CT molecular complexity index is 1230. The van der Waals surface area contributed by atoms with Crippen LogP contribution >= 0.6 is 0 Å². The van der Waals surface area contributed by atoms with Gasteiger partial charge in [-0.1, -0.05) is 42.0 Å². The van der Waals surface area contributed by atoms with Crippen LogP contribution in [0.1, 0.15) is 27.3 Å². The van der Waals surface area contributed by atoms with E-state index < -0.39 is 0 Å². The molecule has 0 spiro atoms. The Hall–Kier alpha value is -3.93. The molecule has 3 aromatic carbocycles. The molecular weight excluding hydrogens is 388 g/mol. The molecule has 1 aromatic heterocycles. The van der Waals surface area contributed by atoms with Gasteiger partial charge in [-0.05, 0) is 62.2 Å². The topological polar surface area (TPSA) is 69.0 Å². The maximum atomic E-state index is 13.0.